The van der Waals surface area contributed by atoms with Crippen molar-refractivity contribution < 1.29 is 4.74 Å². The fourth-order valence-electron chi connectivity index (χ4n) is 2.67. The van der Waals surface area contributed by atoms with Gasteiger partial charge in [0.25, 0.3) is 0 Å². The van der Waals surface area contributed by atoms with E-state index in [4.69, 9.17) is 10.5 Å². The molecule has 3 heteroatoms. The SMILES string of the molecule is CCC1CN(C(CCN)c2ccccc2)CCO1. The number of ether oxygens (including phenoxy) is 1. The van der Waals surface area contributed by atoms with Gasteiger partial charge in [-0.2, -0.15) is 0 Å². The predicted octanol–water partition coefficient (Wildman–Crippen LogP) is 2.19. The average molecular weight is 248 g/mol. The van der Waals surface area contributed by atoms with Gasteiger partial charge in [0.2, 0.25) is 0 Å². The molecule has 0 aromatic heterocycles. The van der Waals surface area contributed by atoms with Crippen molar-refractivity contribution in [2.24, 2.45) is 5.73 Å². The summed E-state index contributed by atoms with van der Waals surface area (Å²) < 4.78 is 5.75. The second-order valence-electron chi connectivity index (χ2n) is 4.90. The predicted molar refractivity (Wildman–Crippen MR) is 74.5 cm³/mol. The molecule has 0 bridgehead atoms. The first kappa shape index (κ1) is 13.5. The summed E-state index contributed by atoms with van der Waals surface area (Å²) in [4.78, 5) is 2.53. The fraction of sp³-hybridized carbons (Fsp3) is 0.600. The van der Waals surface area contributed by atoms with Gasteiger partial charge in [0.15, 0.2) is 0 Å². The molecule has 0 spiro atoms. The number of benzene rings is 1. The molecule has 1 aromatic carbocycles. The van der Waals surface area contributed by atoms with E-state index >= 15 is 0 Å². The van der Waals surface area contributed by atoms with Crippen molar-refractivity contribution in [3.05, 3.63) is 35.9 Å². The maximum absolute atomic E-state index is 5.78. The van der Waals surface area contributed by atoms with Gasteiger partial charge in [-0.15, -0.1) is 0 Å². The lowest BCUT2D eigenvalue weighted by molar-refractivity contribution is -0.0458. The zero-order valence-electron chi connectivity index (χ0n) is 11.2. The van der Waals surface area contributed by atoms with Gasteiger partial charge in [0.05, 0.1) is 12.7 Å². The van der Waals surface area contributed by atoms with Gasteiger partial charge in [-0.1, -0.05) is 37.3 Å². The van der Waals surface area contributed by atoms with Gasteiger partial charge in [0.1, 0.15) is 0 Å². The Labute approximate surface area is 110 Å². The molecule has 0 aliphatic carbocycles. The highest BCUT2D eigenvalue weighted by atomic mass is 16.5. The van der Waals surface area contributed by atoms with Gasteiger partial charge in [-0.3, -0.25) is 4.90 Å². The molecule has 100 valence electrons. The lowest BCUT2D eigenvalue weighted by atomic mass is 10.0. The van der Waals surface area contributed by atoms with Crippen LogP contribution in [0.1, 0.15) is 31.4 Å². The van der Waals surface area contributed by atoms with Crippen LogP contribution in [0.2, 0.25) is 0 Å². The zero-order valence-corrected chi connectivity index (χ0v) is 11.2. The van der Waals surface area contributed by atoms with Crippen molar-refractivity contribution in [2.45, 2.75) is 31.9 Å². The molecule has 2 unspecified atom stereocenters. The summed E-state index contributed by atoms with van der Waals surface area (Å²) in [6, 6.07) is 11.1. The Kier molecular flexibility index (Phi) is 5.17. The molecule has 2 N–H and O–H groups in total. The van der Waals surface area contributed by atoms with E-state index in [1.807, 2.05) is 0 Å². The first-order valence-corrected chi connectivity index (χ1v) is 6.95. The molecule has 1 aliphatic rings. The Morgan fingerprint density at radius 2 is 2.17 bits per heavy atom. The molecule has 18 heavy (non-hydrogen) atoms. The van der Waals surface area contributed by atoms with Crippen molar-refractivity contribution in [3.8, 4) is 0 Å². The number of nitrogens with zero attached hydrogens (tertiary/aromatic N) is 1. The van der Waals surface area contributed by atoms with Crippen molar-refractivity contribution in [2.75, 3.05) is 26.2 Å². The van der Waals surface area contributed by atoms with Gasteiger partial charge in [-0.25, -0.2) is 0 Å². The molecule has 0 saturated carbocycles. The van der Waals surface area contributed by atoms with Gasteiger partial charge < -0.3 is 10.5 Å². The topological polar surface area (TPSA) is 38.5 Å². The lowest BCUT2D eigenvalue weighted by Crippen LogP contribution is -2.44. The van der Waals surface area contributed by atoms with E-state index < -0.39 is 0 Å². The van der Waals surface area contributed by atoms with Crippen LogP contribution in [0.25, 0.3) is 0 Å². The Morgan fingerprint density at radius 3 is 2.83 bits per heavy atom. The fourth-order valence-corrected chi connectivity index (χ4v) is 2.67. The third kappa shape index (κ3) is 3.31. The smallest absolute Gasteiger partial charge is 0.0700 e. The molecule has 1 saturated heterocycles. The summed E-state index contributed by atoms with van der Waals surface area (Å²) in [5, 5.41) is 0. The van der Waals surface area contributed by atoms with Crippen LogP contribution in [-0.4, -0.2) is 37.2 Å². The summed E-state index contributed by atoms with van der Waals surface area (Å²) in [6.07, 6.45) is 2.48. The highest BCUT2D eigenvalue weighted by molar-refractivity contribution is 5.19. The Morgan fingerprint density at radius 1 is 1.39 bits per heavy atom. The summed E-state index contributed by atoms with van der Waals surface area (Å²) >= 11 is 0. The van der Waals surface area contributed by atoms with E-state index in [0.717, 1.165) is 39.1 Å². The van der Waals surface area contributed by atoms with Crippen LogP contribution in [0.4, 0.5) is 0 Å². The van der Waals surface area contributed by atoms with Crippen molar-refractivity contribution >= 4 is 0 Å². The van der Waals surface area contributed by atoms with Crippen LogP contribution in [0.5, 0.6) is 0 Å². The van der Waals surface area contributed by atoms with Crippen LogP contribution in [0, 0.1) is 0 Å². The zero-order chi connectivity index (χ0) is 12.8. The molecule has 0 radical (unpaired) electrons. The Balaban J connectivity index is 2.09. The minimum absolute atomic E-state index is 0.378. The molecular formula is C15H24N2O. The monoisotopic (exact) mass is 248 g/mol. The quantitative estimate of drug-likeness (QED) is 0.868. The second-order valence-corrected chi connectivity index (χ2v) is 4.90. The summed E-state index contributed by atoms with van der Waals surface area (Å²) in [6.45, 7) is 5.79. The average Bonchev–Trinajstić information content (AvgIpc) is 2.46. The molecule has 1 fully saturated rings. The second kappa shape index (κ2) is 6.88. The maximum atomic E-state index is 5.78. The van der Waals surface area contributed by atoms with Gasteiger partial charge >= 0.3 is 0 Å². The van der Waals surface area contributed by atoms with Crippen LogP contribution >= 0.6 is 0 Å². The van der Waals surface area contributed by atoms with E-state index in [1.54, 1.807) is 0 Å². The minimum atomic E-state index is 0.378. The molecule has 1 aliphatic heterocycles. The number of hydrogen-bond acceptors (Lipinski definition) is 3. The molecule has 2 atom stereocenters. The highest BCUT2D eigenvalue weighted by Gasteiger charge is 2.25. The maximum Gasteiger partial charge on any atom is 0.0700 e. The van der Waals surface area contributed by atoms with E-state index in [1.165, 1.54) is 5.56 Å². The van der Waals surface area contributed by atoms with Crippen LogP contribution < -0.4 is 5.73 Å². The van der Waals surface area contributed by atoms with E-state index in [-0.39, 0.29) is 0 Å². The number of hydrogen-bond donors (Lipinski definition) is 1. The van der Waals surface area contributed by atoms with E-state index in [0.29, 0.717) is 12.1 Å². The number of rotatable bonds is 5. The normalized spacial score (nSPS) is 22.9. The number of nitrogens with two attached hydrogens (primary N) is 1. The Hall–Kier alpha value is -0.900. The van der Waals surface area contributed by atoms with Gasteiger partial charge in [-0.05, 0) is 24.9 Å². The first-order valence-electron chi connectivity index (χ1n) is 6.95. The molecule has 1 aromatic rings. The molecule has 3 nitrogen and oxygen atoms in total. The van der Waals surface area contributed by atoms with Crippen molar-refractivity contribution in [1.29, 1.82) is 0 Å². The van der Waals surface area contributed by atoms with E-state index in [2.05, 4.69) is 42.2 Å². The van der Waals surface area contributed by atoms with Gasteiger partial charge in [0, 0.05) is 19.1 Å². The standard InChI is InChI=1S/C15H24N2O/c1-2-14-12-17(10-11-18-14)15(8-9-16)13-6-4-3-5-7-13/h3-7,14-15H,2,8-12,16H2,1H3. The summed E-state index contributed by atoms with van der Waals surface area (Å²) in [5.41, 5.74) is 7.16. The molecular weight excluding hydrogens is 224 g/mol. The van der Waals surface area contributed by atoms with Crippen LogP contribution in [-0.2, 0) is 4.74 Å². The number of morpholine rings is 1. The molecule has 0 amide bonds. The summed E-state index contributed by atoms with van der Waals surface area (Å²) in [7, 11) is 0. The third-order valence-corrected chi connectivity index (χ3v) is 3.69. The summed E-state index contributed by atoms with van der Waals surface area (Å²) in [5.74, 6) is 0. The minimum Gasteiger partial charge on any atom is -0.376 e. The Bertz CT molecular complexity index is 342. The largest absolute Gasteiger partial charge is 0.376 e. The first-order chi connectivity index (χ1) is 8.85. The van der Waals surface area contributed by atoms with Crippen LogP contribution in [0.15, 0.2) is 30.3 Å². The van der Waals surface area contributed by atoms with Crippen molar-refractivity contribution in [1.82, 2.24) is 4.90 Å². The van der Waals surface area contributed by atoms with Crippen LogP contribution in [0.3, 0.4) is 0 Å². The third-order valence-electron chi connectivity index (χ3n) is 3.69. The highest BCUT2D eigenvalue weighted by Crippen LogP contribution is 2.26. The van der Waals surface area contributed by atoms with E-state index in [9.17, 15) is 0 Å². The molecule has 1 heterocycles. The van der Waals surface area contributed by atoms with Crippen molar-refractivity contribution in [3.63, 3.8) is 0 Å². The lowest BCUT2D eigenvalue weighted by Gasteiger charge is -2.38. The molecule has 2 rings (SSSR count).